The van der Waals surface area contributed by atoms with Crippen LogP contribution in [0.1, 0.15) is 12.8 Å². The quantitative estimate of drug-likeness (QED) is 0.864. The van der Waals surface area contributed by atoms with Crippen LogP contribution in [0.3, 0.4) is 0 Å². The molecule has 0 radical (unpaired) electrons. The second-order valence-electron chi connectivity index (χ2n) is 5.34. The molecule has 1 amide bonds. The van der Waals surface area contributed by atoms with Gasteiger partial charge in [-0.2, -0.15) is 0 Å². The highest BCUT2D eigenvalue weighted by atomic mass is 35.5. The minimum atomic E-state index is -0.674. The summed E-state index contributed by atoms with van der Waals surface area (Å²) in [6.45, 7) is 2.65. The van der Waals surface area contributed by atoms with Crippen molar-refractivity contribution in [1.29, 1.82) is 0 Å². The van der Waals surface area contributed by atoms with Crippen LogP contribution < -0.4 is 10.1 Å². The number of hydrogen-bond donors (Lipinski definition) is 1. The second kappa shape index (κ2) is 8.98. The van der Waals surface area contributed by atoms with Gasteiger partial charge in [-0.15, -0.1) is 12.4 Å². The summed E-state index contributed by atoms with van der Waals surface area (Å²) in [5.74, 6) is 0.866. The molecule has 124 valence electrons. The molecule has 0 saturated carbocycles. The van der Waals surface area contributed by atoms with E-state index in [9.17, 15) is 4.79 Å². The fourth-order valence-electron chi connectivity index (χ4n) is 2.60. The standard InChI is InChI=1S/C16H24N2O3.ClH/c1-18(12-13-21-14-6-4-3-5-7-14)15(19)16(20-2)8-10-17-11-9-16;/h3-7,17H,8-13H2,1-2H3;1H. The van der Waals surface area contributed by atoms with Crippen molar-refractivity contribution in [2.45, 2.75) is 18.4 Å². The van der Waals surface area contributed by atoms with Crippen molar-refractivity contribution in [2.75, 3.05) is 40.4 Å². The minimum absolute atomic E-state index is 0. The third kappa shape index (κ3) is 4.60. The largest absolute Gasteiger partial charge is 0.492 e. The zero-order valence-electron chi connectivity index (χ0n) is 13.2. The topological polar surface area (TPSA) is 50.8 Å². The predicted molar refractivity (Wildman–Crippen MR) is 88.7 cm³/mol. The summed E-state index contributed by atoms with van der Waals surface area (Å²) in [6, 6.07) is 9.62. The van der Waals surface area contributed by atoms with Crippen molar-refractivity contribution in [3.05, 3.63) is 30.3 Å². The Morgan fingerprint density at radius 2 is 1.91 bits per heavy atom. The van der Waals surface area contributed by atoms with E-state index in [1.165, 1.54) is 0 Å². The van der Waals surface area contributed by atoms with E-state index in [1.54, 1.807) is 19.1 Å². The third-order valence-corrected chi connectivity index (χ3v) is 3.98. The lowest BCUT2D eigenvalue weighted by atomic mass is 9.90. The Labute approximate surface area is 138 Å². The van der Waals surface area contributed by atoms with Crippen LogP contribution in [-0.4, -0.2) is 56.8 Å². The zero-order chi connectivity index (χ0) is 15.1. The van der Waals surface area contributed by atoms with E-state index in [1.807, 2.05) is 30.3 Å². The van der Waals surface area contributed by atoms with Gasteiger partial charge in [0.05, 0.1) is 6.54 Å². The number of rotatable bonds is 6. The first-order valence-corrected chi connectivity index (χ1v) is 7.37. The first-order chi connectivity index (χ1) is 10.2. The molecule has 5 nitrogen and oxygen atoms in total. The molecule has 0 unspecified atom stereocenters. The zero-order valence-corrected chi connectivity index (χ0v) is 14.0. The van der Waals surface area contributed by atoms with Gasteiger partial charge in [0, 0.05) is 14.2 Å². The maximum Gasteiger partial charge on any atom is 0.254 e. The molecular formula is C16H25ClN2O3. The summed E-state index contributed by atoms with van der Waals surface area (Å²) in [4.78, 5) is 14.3. The van der Waals surface area contributed by atoms with Crippen LogP contribution in [0.2, 0.25) is 0 Å². The van der Waals surface area contributed by atoms with Crippen LogP contribution >= 0.6 is 12.4 Å². The number of likely N-dealkylation sites (N-methyl/N-ethyl adjacent to an activating group) is 1. The molecule has 0 bridgehead atoms. The highest BCUT2D eigenvalue weighted by Gasteiger charge is 2.41. The van der Waals surface area contributed by atoms with Gasteiger partial charge in [-0.05, 0) is 38.1 Å². The van der Waals surface area contributed by atoms with Gasteiger partial charge in [-0.3, -0.25) is 4.79 Å². The van der Waals surface area contributed by atoms with Gasteiger partial charge >= 0.3 is 0 Å². The molecular weight excluding hydrogens is 304 g/mol. The summed E-state index contributed by atoms with van der Waals surface area (Å²) in [5, 5.41) is 3.26. The Bertz CT molecular complexity index is 450. The molecule has 1 fully saturated rings. The van der Waals surface area contributed by atoms with Crippen molar-refractivity contribution in [3.63, 3.8) is 0 Å². The minimum Gasteiger partial charge on any atom is -0.492 e. The molecule has 1 heterocycles. The summed E-state index contributed by atoms with van der Waals surface area (Å²) < 4.78 is 11.2. The number of hydrogen-bond acceptors (Lipinski definition) is 4. The lowest BCUT2D eigenvalue weighted by Gasteiger charge is -2.37. The monoisotopic (exact) mass is 328 g/mol. The van der Waals surface area contributed by atoms with E-state index in [0.29, 0.717) is 26.0 Å². The summed E-state index contributed by atoms with van der Waals surface area (Å²) in [5.41, 5.74) is -0.674. The average molecular weight is 329 g/mol. The van der Waals surface area contributed by atoms with Crippen molar-refractivity contribution < 1.29 is 14.3 Å². The van der Waals surface area contributed by atoms with Gasteiger partial charge in [0.1, 0.15) is 18.0 Å². The van der Waals surface area contributed by atoms with Crippen molar-refractivity contribution in [2.24, 2.45) is 0 Å². The average Bonchev–Trinajstić information content (AvgIpc) is 2.55. The lowest BCUT2D eigenvalue weighted by Crippen LogP contribution is -2.55. The normalized spacial score (nSPS) is 16.5. The highest BCUT2D eigenvalue weighted by molar-refractivity contribution is 5.85. The van der Waals surface area contributed by atoms with Crippen molar-refractivity contribution in [3.8, 4) is 5.75 Å². The van der Waals surface area contributed by atoms with Crippen molar-refractivity contribution in [1.82, 2.24) is 10.2 Å². The van der Waals surface area contributed by atoms with E-state index < -0.39 is 5.60 Å². The van der Waals surface area contributed by atoms with Crippen LogP contribution in [0, 0.1) is 0 Å². The molecule has 0 aromatic heterocycles. The van der Waals surface area contributed by atoms with Crippen LogP contribution in [-0.2, 0) is 9.53 Å². The first-order valence-electron chi connectivity index (χ1n) is 7.37. The second-order valence-corrected chi connectivity index (χ2v) is 5.34. The number of benzene rings is 1. The Balaban J connectivity index is 0.00000242. The molecule has 1 aromatic rings. The molecule has 0 atom stereocenters. The molecule has 6 heteroatoms. The number of nitrogens with zero attached hydrogens (tertiary/aromatic N) is 1. The number of methoxy groups -OCH3 is 1. The smallest absolute Gasteiger partial charge is 0.254 e. The molecule has 1 aliphatic heterocycles. The van der Waals surface area contributed by atoms with Crippen LogP contribution in [0.25, 0.3) is 0 Å². The summed E-state index contributed by atoms with van der Waals surface area (Å²) >= 11 is 0. The van der Waals surface area contributed by atoms with E-state index in [4.69, 9.17) is 9.47 Å². The number of halogens is 1. The van der Waals surface area contributed by atoms with Crippen LogP contribution in [0.5, 0.6) is 5.75 Å². The third-order valence-electron chi connectivity index (χ3n) is 3.98. The number of amides is 1. The number of ether oxygens (including phenoxy) is 2. The Morgan fingerprint density at radius 1 is 1.27 bits per heavy atom. The molecule has 1 aromatic carbocycles. The molecule has 0 spiro atoms. The number of carbonyl (C=O) groups excluding carboxylic acids is 1. The van der Waals surface area contributed by atoms with Crippen LogP contribution in [0.15, 0.2) is 30.3 Å². The number of piperidine rings is 1. The van der Waals surface area contributed by atoms with Gasteiger partial charge in [0.25, 0.3) is 5.91 Å². The predicted octanol–water partition coefficient (Wildman–Crippen LogP) is 1.71. The van der Waals surface area contributed by atoms with E-state index in [-0.39, 0.29) is 18.3 Å². The molecule has 1 saturated heterocycles. The first kappa shape index (κ1) is 18.7. The number of nitrogens with one attached hydrogen (secondary N) is 1. The highest BCUT2D eigenvalue weighted by Crippen LogP contribution is 2.24. The van der Waals surface area contributed by atoms with Gasteiger partial charge in [-0.25, -0.2) is 0 Å². The Kier molecular flexibility index (Phi) is 7.65. The van der Waals surface area contributed by atoms with Gasteiger partial charge in [-0.1, -0.05) is 18.2 Å². The fourth-order valence-corrected chi connectivity index (χ4v) is 2.60. The van der Waals surface area contributed by atoms with E-state index in [2.05, 4.69) is 5.32 Å². The maximum absolute atomic E-state index is 12.6. The molecule has 1 N–H and O–H groups in total. The van der Waals surface area contributed by atoms with Gasteiger partial charge < -0.3 is 19.7 Å². The molecule has 22 heavy (non-hydrogen) atoms. The van der Waals surface area contributed by atoms with Crippen molar-refractivity contribution >= 4 is 18.3 Å². The maximum atomic E-state index is 12.6. The summed E-state index contributed by atoms with van der Waals surface area (Å²) in [7, 11) is 3.43. The van der Waals surface area contributed by atoms with E-state index in [0.717, 1.165) is 18.8 Å². The fraction of sp³-hybridized carbons (Fsp3) is 0.562. The number of para-hydroxylation sites is 1. The van der Waals surface area contributed by atoms with Gasteiger partial charge in [0.2, 0.25) is 0 Å². The SMILES string of the molecule is COC1(C(=O)N(C)CCOc2ccccc2)CCNCC1.Cl. The molecule has 2 rings (SSSR count). The van der Waals surface area contributed by atoms with E-state index >= 15 is 0 Å². The van der Waals surface area contributed by atoms with Gasteiger partial charge in [0.15, 0.2) is 0 Å². The molecule has 1 aliphatic rings. The Morgan fingerprint density at radius 3 is 2.50 bits per heavy atom. The molecule has 0 aliphatic carbocycles. The van der Waals surface area contributed by atoms with Crippen LogP contribution in [0.4, 0.5) is 0 Å². The lowest BCUT2D eigenvalue weighted by molar-refractivity contribution is -0.157. The number of carbonyl (C=O) groups is 1. The summed E-state index contributed by atoms with van der Waals surface area (Å²) in [6.07, 6.45) is 1.43. The Hall–Kier alpha value is -1.30.